The molecule has 100 valence electrons. The number of methoxy groups -OCH3 is 1. The molecule has 2 unspecified atom stereocenters. The lowest BCUT2D eigenvalue weighted by Crippen LogP contribution is -2.12. The Hall–Kier alpha value is -1.62. The van der Waals surface area contributed by atoms with Crippen LogP contribution in [0.2, 0.25) is 0 Å². The molecule has 0 aliphatic carbocycles. The lowest BCUT2D eigenvalue weighted by atomic mass is 10.1. The highest BCUT2D eigenvalue weighted by Crippen LogP contribution is 2.24. The third kappa shape index (κ3) is 4.00. The minimum absolute atomic E-state index is 0.0714. The van der Waals surface area contributed by atoms with Gasteiger partial charge in [0.2, 0.25) is 11.8 Å². The molecule has 0 saturated heterocycles. The highest BCUT2D eigenvalue weighted by atomic mass is 19.1. The van der Waals surface area contributed by atoms with Gasteiger partial charge in [-0.1, -0.05) is 12.2 Å². The molecule has 0 aromatic carbocycles. The summed E-state index contributed by atoms with van der Waals surface area (Å²) in [6, 6.07) is 3.25. The Bertz CT molecular complexity index is 408. The molecule has 1 heterocycles. The number of nitrogens with zero attached hydrogens (tertiary/aromatic N) is 1. The predicted octanol–water partition coefficient (Wildman–Crippen LogP) is 2.40. The summed E-state index contributed by atoms with van der Waals surface area (Å²) in [5, 5.41) is 0. The topological polar surface area (TPSA) is 57.4 Å². The maximum Gasteiger partial charge on any atom is 0.221 e. The second-order valence-electron chi connectivity index (χ2n) is 3.89. The van der Waals surface area contributed by atoms with Gasteiger partial charge in [-0.25, -0.2) is 4.39 Å². The number of halogens is 1. The Morgan fingerprint density at radius 2 is 2.22 bits per heavy atom. The fraction of sp³-hybridized carbons (Fsp3) is 0.462. The number of alkyl halides is 1. The normalized spacial score (nSPS) is 14.5. The SMILES string of the molecule is C/C=C/C(F)COc1ccc(C(C)N)c(OC)n1. The van der Waals surface area contributed by atoms with Crippen LogP contribution in [-0.4, -0.2) is 24.9 Å². The van der Waals surface area contributed by atoms with Crippen molar-refractivity contribution in [2.24, 2.45) is 5.73 Å². The van der Waals surface area contributed by atoms with Crippen molar-refractivity contribution in [3.63, 3.8) is 0 Å². The van der Waals surface area contributed by atoms with Gasteiger partial charge in [0.15, 0.2) is 6.17 Å². The highest BCUT2D eigenvalue weighted by Gasteiger charge is 2.11. The number of ether oxygens (including phenoxy) is 2. The van der Waals surface area contributed by atoms with E-state index in [0.29, 0.717) is 11.8 Å². The van der Waals surface area contributed by atoms with Crippen LogP contribution in [0.1, 0.15) is 25.5 Å². The molecule has 0 saturated carbocycles. The molecule has 0 aliphatic heterocycles. The smallest absolute Gasteiger partial charge is 0.221 e. The van der Waals surface area contributed by atoms with Gasteiger partial charge in [0.25, 0.3) is 0 Å². The number of allylic oxidation sites excluding steroid dienone is 1. The van der Waals surface area contributed by atoms with Gasteiger partial charge < -0.3 is 15.2 Å². The number of nitrogens with two attached hydrogens (primary N) is 1. The zero-order valence-corrected chi connectivity index (χ0v) is 10.9. The summed E-state index contributed by atoms with van der Waals surface area (Å²) < 4.78 is 23.6. The zero-order chi connectivity index (χ0) is 13.5. The number of pyridine rings is 1. The average molecular weight is 254 g/mol. The molecule has 0 bridgehead atoms. The van der Waals surface area contributed by atoms with Crippen LogP contribution in [0.4, 0.5) is 4.39 Å². The molecular formula is C13H19FN2O2. The van der Waals surface area contributed by atoms with Crippen LogP contribution in [-0.2, 0) is 0 Å². The van der Waals surface area contributed by atoms with E-state index >= 15 is 0 Å². The largest absolute Gasteiger partial charge is 0.481 e. The van der Waals surface area contributed by atoms with Crippen molar-refractivity contribution in [3.8, 4) is 11.8 Å². The Morgan fingerprint density at radius 1 is 1.50 bits per heavy atom. The molecule has 1 aromatic heterocycles. The summed E-state index contributed by atoms with van der Waals surface area (Å²) in [5.41, 5.74) is 6.56. The molecule has 4 nitrogen and oxygen atoms in total. The van der Waals surface area contributed by atoms with Gasteiger partial charge in [-0.2, -0.15) is 4.98 Å². The Kier molecular flexibility index (Phi) is 5.58. The second kappa shape index (κ2) is 6.96. The third-order valence-corrected chi connectivity index (χ3v) is 2.34. The summed E-state index contributed by atoms with van der Waals surface area (Å²) in [4.78, 5) is 4.13. The third-order valence-electron chi connectivity index (χ3n) is 2.34. The molecular weight excluding hydrogens is 235 g/mol. The highest BCUT2D eigenvalue weighted by molar-refractivity contribution is 5.32. The first-order chi connectivity index (χ1) is 8.58. The molecule has 0 fully saturated rings. The van der Waals surface area contributed by atoms with E-state index in [0.717, 1.165) is 5.56 Å². The van der Waals surface area contributed by atoms with Crippen molar-refractivity contribution < 1.29 is 13.9 Å². The predicted molar refractivity (Wildman–Crippen MR) is 68.6 cm³/mol. The average Bonchev–Trinajstić information content (AvgIpc) is 2.36. The van der Waals surface area contributed by atoms with E-state index in [9.17, 15) is 4.39 Å². The summed E-state index contributed by atoms with van der Waals surface area (Å²) in [5.74, 6) is 0.729. The fourth-order valence-corrected chi connectivity index (χ4v) is 1.45. The first-order valence-electron chi connectivity index (χ1n) is 5.78. The number of rotatable bonds is 6. The van der Waals surface area contributed by atoms with Gasteiger partial charge in [0, 0.05) is 17.7 Å². The monoisotopic (exact) mass is 254 g/mol. The molecule has 2 N–H and O–H groups in total. The van der Waals surface area contributed by atoms with Crippen LogP contribution in [0.3, 0.4) is 0 Å². The van der Waals surface area contributed by atoms with Gasteiger partial charge in [-0.15, -0.1) is 0 Å². The van der Waals surface area contributed by atoms with E-state index in [-0.39, 0.29) is 12.6 Å². The molecule has 5 heteroatoms. The van der Waals surface area contributed by atoms with E-state index in [4.69, 9.17) is 15.2 Å². The van der Waals surface area contributed by atoms with Gasteiger partial charge in [0.1, 0.15) is 6.61 Å². The molecule has 0 radical (unpaired) electrons. The Morgan fingerprint density at radius 3 is 2.78 bits per heavy atom. The molecule has 18 heavy (non-hydrogen) atoms. The molecule has 0 spiro atoms. The first-order valence-corrected chi connectivity index (χ1v) is 5.78. The van der Waals surface area contributed by atoms with E-state index in [1.807, 2.05) is 6.92 Å². The van der Waals surface area contributed by atoms with E-state index in [1.165, 1.54) is 13.2 Å². The van der Waals surface area contributed by atoms with Crippen LogP contribution >= 0.6 is 0 Å². The van der Waals surface area contributed by atoms with E-state index in [2.05, 4.69) is 4.98 Å². The van der Waals surface area contributed by atoms with Crippen molar-refractivity contribution in [1.82, 2.24) is 4.98 Å². The van der Waals surface area contributed by atoms with Crippen molar-refractivity contribution in [2.45, 2.75) is 26.1 Å². The molecule has 0 amide bonds. The lowest BCUT2D eigenvalue weighted by molar-refractivity contribution is 0.219. The molecule has 1 aromatic rings. The Balaban J connectivity index is 2.73. The van der Waals surface area contributed by atoms with Crippen molar-refractivity contribution in [2.75, 3.05) is 13.7 Å². The fourth-order valence-electron chi connectivity index (χ4n) is 1.45. The van der Waals surface area contributed by atoms with Gasteiger partial charge >= 0.3 is 0 Å². The summed E-state index contributed by atoms with van der Waals surface area (Å²) >= 11 is 0. The zero-order valence-electron chi connectivity index (χ0n) is 10.9. The van der Waals surface area contributed by atoms with E-state index < -0.39 is 6.17 Å². The first kappa shape index (κ1) is 14.4. The summed E-state index contributed by atoms with van der Waals surface area (Å²) in [6.45, 7) is 3.52. The van der Waals surface area contributed by atoms with E-state index in [1.54, 1.807) is 25.1 Å². The minimum Gasteiger partial charge on any atom is -0.481 e. The lowest BCUT2D eigenvalue weighted by Gasteiger charge is -2.12. The summed E-state index contributed by atoms with van der Waals surface area (Å²) in [7, 11) is 1.51. The van der Waals surface area contributed by atoms with Gasteiger partial charge in [-0.3, -0.25) is 0 Å². The number of aromatic nitrogens is 1. The molecule has 0 aliphatic rings. The van der Waals surface area contributed by atoms with Gasteiger partial charge in [0.05, 0.1) is 7.11 Å². The van der Waals surface area contributed by atoms with Crippen LogP contribution in [0.5, 0.6) is 11.8 Å². The quantitative estimate of drug-likeness (QED) is 0.792. The maximum absolute atomic E-state index is 13.2. The summed E-state index contributed by atoms with van der Waals surface area (Å²) in [6.07, 6.45) is 1.92. The van der Waals surface area contributed by atoms with Crippen molar-refractivity contribution in [1.29, 1.82) is 0 Å². The maximum atomic E-state index is 13.2. The van der Waals surface area contributed by atoms with Crippen LogP contribution in [0.25, 0.3) is 0 Å². The Labute approximate surface area is 107 Å². The van der Waals surface area contributed by atoms with Gasteiger partial charge in [-0.05, 0) is 19.9 Å². The second-order valence-corrected chi connectivity index (χ2v) is 3.89. The number of hydrogen-bond donors (Lipinski definition) is 1. The molecule has 1 rings (SSSR count). The van der Waals surface area contributed by atoms with Crippen molar-refractivity contribution in [3.05, 3.63) is 29.8 Å². The minimum atomic E-state index is -1.14. The van der Waals surface area contributed by atoms with Crippen LogP contribution in [0, 0.1) is 0 Å². The van der Waals surface area contributed by atoms with Crippen molar-refractivity contribution >= 4 is 0 Å². The van der Waals surface area contributed by atoms with Crippen LogP contribution in [0.15, 0.2) is 24.3 Å². The standard InChI is InChI=1S/C13H19FN2O2/c1-4-5-10(14)8-18-12-7-6-11(9(2)15)13(16-12)17-3/h4-7,9-10H,8,15H2,1-3H3/b5-4+. The van der Waals surface area contributed by atoms with Crippen LogP contribution < -0.4 is 15.2 Å². The number of hydrogen-bond acceptors (Lipinski definition) is 4. The molecule has 2 atom stereocenters.